The van der Waals surface area contributed by atoms with Crippen molar-refractivity contribution in [2.45, 2.75) is 13.0 Å². The molecule has 0 bridgehead atoms. The molecule has 0 spiro atoms. The largest absolute Gasteiger partial charge is 0.464 e. The summed E-state index contributed by atoms with van der Waals surface area (Å²) in [7, 11) is 1.18. The molecule has 1 rings (SSSR count). The summed E-state index contributed by atoms with van der Waals surface area (Å²) in [6, 6.07) is 0. The Labute approximate surface area is 98.9 Å². The number of methoxy groups -OCH3 is 1. The first-order valence-corrected chi connectivity index (χ1v) is 5.06. The van der Waals surface area contributed by atoms with Crippen LogP contribution in [0.25, 0.3) is 0 Å². The third kappa shape index (κ3) is 2.35. The molecule has 0 atom stereocenters. The van der Waals surface area contributed by atoms with Crippen LogP contribution in [0.1, 0.15) is 28.0 Å². The Morgan fingerprint density at radius 1 is 1.69 bits per heavy atom. The zero-order chi connectivity index (χ0) is 12.3. The number of nitrogens with zero attached hydrogens (tertiary/aromatic N) is 1. The van der Waals surface area contributed by atoms with Crippen molar-refractivity contribution < 1.29 is 18.3 Å². The van der Waals surface area contributed by atoms with Gasteiger partial charge in [0, 0.05) is 18.3 Å². The predicted octanol–water partition coefficient (Wildman–Crippen LogP) is 2.03. The molecule has 0 saturated heterocycles. The van der Waals surface area contributed by atoms with E-state index in [4.69, 9.17) is 5.73 Å². The van der Waals surface area contributed by atoms with E-state index in [1.54, 1.807) is 0 Å². The van der Waals surface area contributed by atoms with Gasteiger partial charge in [0.15, 0.2) is 5.69 Å². The molecule has 2 N–H and O–H groups in total. The molecule has 16 heavy (non-hydrogen) atoms. The average molecular weight is 295 g/mol. The number of pyridine rings is 1. The molecule has 88 valence electrons. The van der Waals surface area contributed by atoms with Crippen molar-refractivity contribution in [3.05, 3.63) is 27.5 Å². The van der Waals surface area contributed by atoms with Crippen LogP contribution < -0.4 is 5.73 Å². The van der Waals surface area contributed by atoms with Crippen LogP contribution in [0.4, 0.5) is 8.78 Å². The lowest BCUT2D eigenvalue weighted by Crippen LogP contribution is -2.11. The number of ether oxygens (including phenoxy) is 1. The van der Waals surface area contributed by atoms with Crippen molar-refractivity contribution in [3.63, 3.8) is 0 Å². The fraction of sp³-hybridized carbons (Fsp3) is 0.333. The van der Waals surface area contributed by atoms with Gasteiger partial charge in [0.05, 0.1) is 11.6 Å². The quantitative estimate of drug-likeness (QED) is 0.866. The monoisotopic (exact) mass is 294 g/mol. The number of carbonyl (C=O) groups excluding carboxylic acids is 1. The van der Waals surface area contributed by atoms with Gasteiger partial charge in [0.25, 0.3) is 6.43 Å². The van der Waals surface area contributed by atoms with Gasteiger partial charge < -0.3 is 10.5 Å². The van der Waals surface area contributed by atoms with Crippen LogP contribution in [0.2, 0.25) is 0 Å². The van der Waals surface area contributed by atoms with Gasteiger partial charge in [0.2, 0.25) is 0 Å². The van der Waals surface area contributed by atoms with Gasteiger partial charge in [0.1, 0.15) is 0 Å². The molecule has 1 heterocycles. The molecule has 1 aromatic rings. The molecular formula is C9H9BrF2N2O2. The first-order chi connectivity index (χ1) is 7.52. The SMILES string of the molecule is COC(=O)c1ncc(C(F)F)c(CN)c1Br. The van der Waals surface area contributed by atoms with Gasteiger partial charge in [-0.05, 0) is 21.5 Å². The minimum absolute atomic E-state index is 0.0626. The minimum Gasteiger partial charge on any atom is -0.464 e. The normalized spacial score (nSPS) is 10.6. The highest BCUT2D eigenvalue weighted by molar-refractivity contribution is 9.10. The third-order valence-electron chi connectivity index (χ3n) is 1.97. The van der Waals surface area contributed by atoms with Crippen molar-refractivity contribution in [2.75, 3.05) is 7.11 Å². The Bertz CT molecular complexity index is 413. The van der Waals surface area contributed by atoms with Crippen LogP contribution in [0, 0.1) is 0 Å². The van der Waals surface area contributed by atoms with Gasteiger partial charge in [-0.2, -0.15) is 0 Å². The maximum Gasteiger partial charge on any atom is 0.357 e. The van der Waals surface area contributed by atoms with E-state index < -0.39 is 12.4 Å². The molecule has 0 unspecified atom stereocenters. The topological polar surface area (TPSA) is 65.2 Å². The van der Waals surface area contributed by atoms with Crippen molar-refractivity contribution >= 4 is 21.9 Å². The molecule has 7 heteroatoms. The van der Waals surface area contributed by atoms with Gasteiger partial charge in [-0.25, -0.2) is 18.6 Å². The van der Waals surface area contributed by atoms with E-state index in [1.165, 1.54) is 7.11 Å². The number of carbonyl (C=O) groups is 1. The van der Waals surface area contributed by atoms with Crippen molar-refractivity contribution in [1.29, 1.82) is 0 Å². The van der Waals surface area contributed by atoms with Crippen LogP contribution in [-0.2, 0) is 11.3 Å². The Morgan fingerprint density at radius 2 is 2.31 bits per heavy atom. The maximum atomic E-state index is 12.6. The lowest BCUT2D eigenvalue weighted by Gasteiger charge is -2.11. The van der Waals surface area contributed by atoms with Gasteiger partial charge in [-0.15, -0.1) is 0 Å². The van der Waals surface area contributed by atoms with E-state index in [-0.39, 0.29) is 27.8 Å². The third-order valence-corrected chi connectivity index (χ3v) is 2.83. The van der Waals surface area contributed by atoms with E-state index in [0.717, 1.165) is 6.20 Å². The van der Waals surface area contributed by atoms with Crippen molar-refractivity contribution in [2.24, 2.45) is 5.73 Å². The number of hydrogen-bond donors (Lipinski definition) is 1. The maximum absolute atomic E-state index is 12.6. The van der Waals surface area contributed by atoms with Crippen molar-refractivity contribution in [1.82, 2.24) is 4.98 Å². The Morgan fingerprint density at radius 3 is 2.75 bits per heavy atom. The highest BCUT2D eigenvalue weighted by Crippen LogP contribution is 2.29. The van der Waals surface area contributed by atoms with E-state index in [9.17, 15) is 13.6 Å². The fourth-order valence-electron chi connectivity index (χ4n) is 1.17. The van der Waals surface area contributed by atoms with Crippen LogP contribution in [0.15, 0.2) is 10.7 Å². The highest BCUT2D eigenvalue weighted by Gasteiger charge is 2.21. The van der Waals surface area contributed by atoms with E-state index in [0.29, 0.717) is 0 Å². The molecule has 0 aromatic carbocycles. The van der Waals surface area contributed by atoms with Crippen LogP contribution in [0.5, 0.6) is 0 Å². The molecular weight excluding hydrogens is 286 g/mol. The Balaban J connectivity index is 3.34. The number of rotatable bonds is 3. The standard InChI is InChI=1S/C9H9BrF2N2O2/c1-16-9(15)7-6(10)4(2-13)5(3-14-7)8(11)12/h3,8H,2,13H2,1H3. The number of alkyl halides is 2. The van der Waals surface area contributed by atoms with Gasteiger partial charge in [-0.1, -0.05) is 0 Å². The lowest BCUT2D eigenvalue weighted by atomic mass is 10.1. The number of aromatic nitrogens is 1. The zero-order valence-electron chi connectivity index (χ0n) is 8.34. The second kappa shape index (κ2) is 5.31. The summed E-state index contributed by atoms with van der Waals surface area (Å²) >= 11 is 3.03. The molecule has 0 radical (unpaired) electrons. The predicted molar refractivity (Wildman–Crippen MR) is 56.1 cm³/mol. The number of halogens is 3. The summed E-state index contributed by atoms with van der Waals surface area (Å²) < 4.78 is 29.8. The minimum atomic E-state index is -2.69. The summed E-state index contributed by atoms with van der Waals surface area (Å²) in [5.74, 6) is -0.706. The number of nitrogens with two attached hydrogens (primary N) is 1. The van der Waals surface area contributed by atoms with Crippen LogP contribution in [0.3, 0.4) is 0 Å². The van der Waals surface area contributed by atoms with Crippen molar-refractivity contribution in [3.8, 4) is 0 Å². The first kappa shape index (κ1) is 13.0. The fourth-order valence-corrected chi connectivity index (χ4v) is 1.83. The smallest absolute Gasteiger partial charge is 0.357 e. The Kier molecular flexibility index (Phi) is 4.31. The Hall–Kier alpha value is -1.08. The lowest BCUT2D eigenvalue weighted by molar-refractivity contribution is 0.0592. The van der Waals surface area contributed by atoms with E-state index >= 15 is 0 Å². The van der Waals surface area contributed by atoms with Crippen LogP contribution >= 0.6 is 15.9 Å². The van der Waals surface area contributed by atoms with E-state index in [1.807, 2.05) is 0 Å². The first-order valence-electron chi connectivity index (χ1n) is 4.26. The zero-order valence-corrected chi connectivity index (χ0v) is 9.92. The molecule has 4 nitrogen and oxygen atoms in total. The van der Waals surface area contributed by atoms with E-state index in [2.05, 4.69) is 25.7 Å². The number of esters is 1. The molecule has 0 aliphatic rings. The molecule has 0 saturated carbocycles. The van der Waals surface area contributed by atoms with Gasteiger partial charge in [-0.3, -0.25) is 0 Å². The molecule has 0 aliphatic heterocycles. The van der Waals surface area contributed by atoms with Gasteiger partial charge >= 0.3 is 5.97 Å². The summed E-state index contributed by atoms with van der Waals surface area (Å²) in [5, 5.41) is 0. The summed E-state index contributed by atoms with van der Waals surface area (Å²) in [6.07, 6.45) is -1.75. The number of hydrogen-bond acceptors (Lipinski definition) is 4. The molecule has 1 aromatic heterocycles. The summed E-state index contributed by atoms with van der Waals surface area (Å²) in [4.78, 5) is 14.9. The molecule has 0 fully saturated rings. The average Bonchev–Trinajstić information content (AvgIpc) is 2.27. The molecule has 0 amide bonds. The highest BCUT2D eigenvalue weighted by atomic mass is 79.9. The summed E-state index contributed by atoms with van der Waals surface area (Å²) in [5.41, 5.74) is 5.16. The van der Waals surface area contributed by atoms with Crippen LogP contribution in [-0.4, -0.2) is 18.1 Å². The molecule has 0 aliphatic carbocycles. The summed E-state index contributed by atoms with van der Waals surface area (Å²) in [6.45, 7) is -0.118. The second-order valence-corrected chi connectivity index (χ2v) is 3.64. The second-order valence-electron chi connectivity index (χ2n) is 2.85.